The number of carbonyl (C=O) groups is 4. The normalized spacial score (nSPS) is 13.1. The van der Waals surface area contributed by atoms with Crippen molar-refractivity contribution in [3.63, 3.8) is 0 Å². The molecule has 1 aliphatic rings. The molecule has 3 aromatic carbocycles. The smallest absolute Gasteiger partial charge is 0.313 e. The maximum Gasteiger partial charge on any atom is 0.313 e. The van der Waals surface area contributed by atoms with Crippen LogP contribution in [0.4, 0.5) is 27.6 Å². The predicted octanol–water partition coefficient (Wildman–Crippen LogP) is 4.68. The minimum Gasteiger partial charge on any atom is -0.420 e. The van der Waals surface area contributed by atoms with E-state index >= 15 is 0 Å². The Morgan fingerprint density at radius 3 is 1.43 bits per heavy atom. The first-order chi connectivity index (χ1) is 41.9. The summed E-state index contributed by atoms with van der Waals surface area (Å²) in [6.45, 7) is 8.65. The third-order valence-electron chi connectivity index (χ3n) is 12.4. The molecule has 482 valence electrons. The molecule has 2 atom stereocenters. The van der Waals surface area contributed by atoms with Gasteiger partial charge < -0.3 is 87.5 Å². The molecule has 86 heavy (non-hydrogen) atoms. The second-order valence-electron chi connectivity index (χ2n) is 18.8. The van der Waals surface area contributed by atoms with Crippen LogP contribution in [0.15, 0.2) is 48.5 Å². The quantitative estimate of drug-likeness (QED) is 0.0150. The number of methoxy groups -OCH3 is 1. The molecule has 0 saturated carbocycles. The van der Waals surface area contributed by atoms with Crippen LogP contribution in [-0.4, -0.2) is 213 Å². The van der Waals surface area contributed by atoms with Crippen molar-refractivity contribution in [3.05, 3.63) is 94.3 Å². The summed E-state index contributed by atoms with van der Waals surface area (Å²) in [7, 11) is 1.63. The number of halogens is 5. The summed E-state index contributed by atoms with van der Waals surface area (Å²) < 4.78 is 138. The van der Waals surface area contributed by atoms with Gasteiger partial charge in [-0.1, -0.05) is 54.6 Å². The molecule has 0 aliphatic carbocycles. The van der Waals surface area contributed by atoms with E-state index in [-0.39, 0.29) is 39.3 Å². The number of amides is 3. The van der Waals surface area contributed by atoms with Crippen LogP contribution in [0.3, 0.4) is 0 Å². The number of anilines is 1. The van der Waals surface area contributed by atoms with Gasteiger partial charge in [0, 0.05) is 45.3 Å². The van der Waals surface area contributed by atoms with Gasteiger partial charge in [-0.2, -0.15) is 8.78 Å². The molecule has 1 unspecified atom stereocenters. The van der Waals surface area contributed by atoms with Gasteiger partial charge in [0.15, 0.2) is 0 Å². The van der Waals surface area contributed by atoms with E-state index in [0.29, 0.717) is 151 Å². The lowest BCUT2D eigenvalue weighted by Crippen LogP contribution is -2.53. The summed E-state index contributed by atoms with van der Waals surface area (Å²) in [6, 6.07) is 14.2. The molecule has 27 heteroatoms. The van der Waals surface area contributed by atoms with Gasteiger partial charge in [0.2, 0.25) is 52.6 Å². The Morgan fingerprint density at radius 1 is 0.500 bits per heavy atom. The number of carbonyl (C=O) groups excluding carboxylic acids is 4. The molecule has 4 rings (SSSR count). The van der Waals surface area contributed by atoms with Crippen LogP contribution in [0.1, 0.15) is 55.2 Å². The number of aliphatic hydroxyl groups is 1. The Hall–Kier alpha value is -5.79. The maximum absolute atomic E-state index is 14.1. The average molecular weight is 1230 g/mol. The SMILES string of the molecule is COCCOCCOCCOCCOCCOCCOCCOCCOCCOCCOCCOCCC(=O)NC[C@H](NC(=O)CCCCC(O)N1Cc2ccccc2/C=C\c2ccccc21)C(=O)NCCC(=O)Oc1c(F)c(F)c(F)c(F)c1F. The molecular weight excluding hydrogens is 1150 g/mol. The Bertz CT molecular complexity index is 2410. The van der Waals surface area contributed by atoms with Crippen molar-refractivity contribution >= 4 is 41.5 Å². The van der Waals surface area contributed by atoms with Crippen molar-refractivity contribution in [1.29, 1.82) is 0 Å². The Balaban J connectivity index is 1.02. The third kappa shape index (κ3) is 30.2. The van der Waals surface area contributed by atoms with Gasteiger partial charge in [-0.15, -0.1) is 0 Å². The molecule has 4 N–H and O–H groups in total. The molecule has 0 aromatic heterocycles. The number of hydrogen-bond acceptors (Lipinski definition) is 19. The minimum atomic E-state index is -2.44. The third-order valence-corrected chi connectivity index (χ3v) is 12.4. The second-order valence-corrected chi connectivity index (χ2v) is 18.8. The van der Waals surface area contributed by atoms with Gasteiger partial charge in [0.1, 0.15) is 12.3 Å². The lowest BCUT2D eigenvalue weighted by molar-refractivity contribution is -0.135. The highest BCUT2D eigenvalue weighted by Crippen LogP contribution is 2.32. The highest BCUT2D eigenvalue weighted by Gasteiger charge is 2.29. The van der Waals surface area contributed by atoms with E-state index in [4.69, 9.17) is 56.8 Å². The molecule has 1 heterocycles. The van der Waals surface area contributed by atoms with Crippen molar-refractivity contribution in [1.82, 2.24) is 16.0 Å². The zero-order valence-electron chi connectivity index (χ0n) is 48.8. The van der Waals surface area contributed by atoms with E-state index in [1.165, 1.54) is 0 Å². The monoisotopic (exact) mass is 1230 g/mol. The summed E-state index contributed by atoms with van der Waals surface area (Å²) in [6.07, 6.45) is 3.14. The summed E-state index contributed by atoms with van der Waals surface area (Å²) in [5, 5.41) is 18.9. The van der Waals surface area contributed by atoms with E-state index in [0.717, 1.165) is 22.4 Å². The second kappa shape index (κ2) is 45.5. The van der Waals surface area contributed by atoms with E-state index in [2.05, 4.69) is 20.7 Å². The summed E-state index contributed by atoms with van der Waals surface area (Å²) in [4.78, 5) is 53.5. The lowest BCUT2D eigenvalue weighted by Gasteiger charge is -2.33. The van der Waals surface area contributed by atoms with Gasteiger partial charge in [0.25, 0.3) is 0 Å². The summed E-state index contributed by atoms with van der Waals surface area (Å²) in [5.74, 6) is -17.1. The van der Waals surface area contributed by atoms with Crippen molar-refractivity contribution in [2.24, 2.45) is 0 Å². The molecule has 3 amide bonds. The first kappa shape index (κ1) is 72.7. The van der Waals surface area contributed by atoms with Gasteiger partial charge >= 0.3 is 5.97 Å². The number of rotatable bonds is 50. The molecule has 22 nitrogen and oxygen atoms in total. The van der Waals surface area contributed by atoms with Crippen LogP contribution in [0, 0.1) is 29.1 Å². The largest absolute Gasteiger partial charge is 0.420 e. The maximum atomic E-state index is 14.1. The van der Waals surface area contributed by atoms with Crippen LogP contribution in [0.5, 0.6) is 5.75 Å². The number of nitrogens with one attached hydrogen (secondary N) is 3. The summed E-state index contributed by atoms with van der Waals surface area (Å²) in [5.41, 5.74) is 3.81. The Labute approximate surface area is 498 Å². The molecule has 0 bridgehead atoms. The standard InChI is InChI=1S/C59H83F5N4O18/c1-74-20-21-76-24-25-78-28-29-80-32-33-82-36-37-84-40-41-85-39-38-83-35-34-81-31-30-79-27-26-77-23-22-75-19-17-49(69)66-42-47(59(73)65-18-16-52(72)86-58-56(63)54(61)53(60)55(62)57(58)64)67-50(70)12-6-7-13-51(71)68-43-46-10-3-2-8-44(46)14-15-45-9-4-5-11-48(45)68/h2-5,8-11,14-15,47,51,71H,6-7,12-13,16-43H2,1H3,(H,65,73)(H,66,69)(H,67,70)/b15-14-/t47-,51?/m0/s1. The lowest BCUT2D eigenvalue weighted by atomic mass is 10.0. The molecular formula is C59H83F5N4O18. The van der Waals surface area contributed by atoms with E-state index in [1.54, 1.807) is 7.11 Å². The van der Waals surface area contributed by atoms with Crippen molar-refractivity contribution < 1.29 is 108 Å². The number of ether oxygens (including phenoxy) is 13. The van der Waals surface area contributed by atoms with E-state index in [1.807, 2.05) is 65.6 Å². The van der Waals surface area contributed by atoms with E-state index in [9.17, 15) is 46.2 Å². The number of esters is 1. The number of unbranched alkanes of at least 4 members (excludes halogenated alkanes) is 1. The average Bonchev–Trinajstić information content (AvgIpc) is 1.82. The highest BCUT2D eigenvalue weighted by atomic mass is 19.2. The zero-order valence-corrected chi connectivity index (χ0v) is 48.8. The van der Waals surface area contributed by atoms with Crippen LogP contribution in [-0.2, 0) is 82.6 Å². The molecule has 0 radical (unpaired) electrons. The van der Waals surface area contributed by atoms with Crippen molar-refractivity contribution in [3.8, 4) is 5.75 Å². The predicted molar refractivity (Wildman–Crippen MR) is 302 cm³/mol. The van der Waals surface area contributed by atoms with Gasteiger partial charge in [-0.05, 0) is 42.0 Å². The Morgan fingerprint density at radius 2 is 0.930 bits per heavy atom. The van der Waals surface area contributed by atoms with Crippen molar-refractivity contribution in [2.45, 2.75) is 57.3 Å². The first-order valence-electron chi connectivity index (χ1n) is 28.6. The molecule has 0 saturated heterocycles. The van der Waals surface area contributed by atoms with Crippen LogP contribution < -0.4 is 25.6 Å². The first-order valence-corrected chi connectivity index (χ1v) is 28.6. The van der Waals surface area contributed by atoms with Crippen molar-refractivity contribution in [2.75, 3.05) is 177 Å². The van der Waals surface area contributed by atoms with E-state index < -0.39 is 90.3 Å². The van der Waals surface area contributed by atoms with Crippen LogP contribution in [0.2, 0.25) is 0 Å². The number of aliphatic hydroxyl groups excluding tert-OH is 1. The topological polar surface area (TPSA) is 248 Å². The number of fused-ring (bicyclic) bond motifs is 2. The number of hydrogen-bond donors (Lipinski definition) is 4. The number of nitrogens with zero attached hydrogens (tertiary/aromatic N) is 1. The van der Waals surface area contributed by atoms with Gasteiger partial charge in [0.05, 0.1) is 158 Å². The van der Waals surface area contributed by atoms with Gasteiger partial charge in [-0.25, -0.2) is 13.2 Å². The Kier molecular flexibility index (Phi) is 38.4. The molecule has 1 aliphatic heterocycles. The summed E-state index contributed by atoms with van der Waals surface area (Å²) >= 11 is 0. The highest BCUT2D eigenvalue weighted by molar-refractivity contribution is 5.89. The van der Waals surface area contributed by atoms with Crippen LogP contribution in [0.25, 0.3) is 12.2 Å². The van der Waals surface area contributed by atoms with Crippen LogP contribution >= 0.6 is 0 Å². The zero-order chi connectivity index (χ0) is 61.8. The molecule has 3 aromatic rings. The minimum absolute atomic E-state index is 0.0119. The fraction of sp³-hybridized carbons (Fsp3) is 0.593. The fourth-order valence-corrected chi connectivity index (χ4v) is 7.85. The number of para-hydroxylation sites is 1. The fourth-order valence-electron chi connectivity index (χ4n) is 7.85. The number of benzene rings is 3. The molecule has 0 spiro atoms. The van der Waals surface area contributed by atoms with Gasteiger partial charge in [-0.3, -0.25) is 19.2 Å². The molecule has 0 fully saturated rings.